The molecule has 0 aliphatic carbocycles. The summed E-state index contributed by atoms with van der Waals surface area (Å²) in [6.07, 6.45) is 18.0. The van der Waals surface area contributed by atoms with E-state index in [0.29, 0.717) is 25.7 Å². The number of aliphatic hydroxyl groups is 1. The van der Waals surface area contributed by atoms with E-state index in [1.807, 2.05) is 13.8 Å². The number of aliphatic hydroxyl groups excluding tert-OH is 1. The number of hydrogen-bond donors (Lipinski definition) is 9. The van der Waals surface area contributed by atoms with E-state index in [-0.39, 0.29) is 139 Å². The Bertz CT molecular complexity index is 1760. The van der Waals surface area contributed by atoms with Crippen molar-refractivity contribution in [2.45, 2.75) is 244 Å². The zero-order valence-electron chi connectivity index (χ0n) is 47.0. The Kier molecular flexibility index (Phi) is 42.7. The van der Waals surface area contributed by atoms with Gasteiger partial charge in [-0.1, -0.05) is 123 Å². The van der Waals surface area contributed by atoms with Crippen LogP contribution in [0.1, 0.15) is 215 Å². The first-order valence-electron chi connectivity index (χ1n) is 27.7. The fourth-order valence-corrected chi connectivity index (χ4v) is 8.73. The summed E-state index contributed by atoms with van der Waals surface area (Å²) in [5, 5.41) is 51.6. The fraction of sp³-hybridized carbons (Fsp3) is 0.818. The molecule has 5 atom stereocenters. The number of carbonyl (C=O) groups excluding carboxylic acids is 7. The summed E-state index contributed by atoms with van der Waals surface area (Å²) in [5.74, 6) is -7.19. The van der Waals surface area contributed by atoms with Crippen LogP contribution in [0.5, 0.6) is 0 Å². The number of Topliss-reactive ketones (excluding diaryl/α,β-unsaturated/α-hetero) is 5. The maximum atomic E-state index is 13.7. The predicted molar refractivity (Wildman–Crippen MR) is 287 cm³/mol. The molecule has 0 saturated carbocycles. The average molecular weight is 1160 g/mol. The molecule has 0 bridgehead atoms. The molecule has 0 spiro atoms. The van der Waals surface area contributed by atoms with Gasteiger partial charge in [0.1, 0.15) is 23.4 Å². The monoisotopic (exact) mass is 1150 g/mol. The van der Waals surface area contributed by atoms with E-state index in [9.17, 15) is 63.3 Å². The van der Waals surface area contributed by atoms with E-state index < -0.39 is 77.2 Å². The van der Waals surface area contributed by atoms with Crippen molar-refractivity contribution in [3.8, 4) is 0 Å². The van der Waals surface area contributed by atoms with Gasteiger partial charge in [0.2, 0.25) is 11.8 Å². The molecule has 1 radical (unpaired) electrons. The molecule has 435 valence electrons. The third-order valence-electron chi connectivity index (χ3n) is 13.5. The number of hydrogen-bond acceptors (Lipinski definition) is 14. The molecule has 2 amide bonds. The summed E-state index contributed by atoms with van der Waals surface area (Å²) in [6.45, 7) is 8.65. The van der Waals surface area contributed by atoms with Gasteiger partial charge in [0.25, 0.3) is 0 Å². The number of rotatable bonds is 51. The van der Waals surface area contributed by atoms with Crippen molar-refractivity contribution < 1.29 is 101 Å². The minimum absolute atomic E-state index is 0. The fourth-order valence-electron chi connectivity index (χ4n) is 8.73. The van der Waals surface area contributed by atoms with E-state index in [4.69, 9.17) is 10.8 Å². The Balaban J connectivity index is 0. The van der Waals surface area contributed by atoms with Crippen LogP contribution in [0.4, 0.5) is 0 Å². The van der Waals surface area contributed by atoms with Gasteiger partial charge >= 0.3 is 17.9 Å². The Morgan fingerprint density at radius 1 is 0.539 bits per heavy atom. The molecule has 10 N–H and O–H groups in total. The molecular formula is C55H97N6O14Y-. The van der Waals surface area contributed by atoms with Crippen molar-refractivity contribution in [2.24, 2.45) is 11.8 Å². The Morgan fingerprint density at radius 2 is 1.04 bits per heavy atom. The van der Waals surface area contributed by atoms with Crippen molar-refractivity contribution in [2.75, 3.05) is 32.8 Å². The second-order valence-electron chi connectivity index (χ2n) is 21.6. The maximum absolute atomic E-state index is 13.7. The number of aliphatic carboxylic acids is 3. The molecule has 0 saturated heterocycles. The number of ketones is 5. The van der Waals surface area contributed by atoms with Gasteiger partial charge in [-0.15, -0.1) is 0 Å². The summed E-state index contributed by atoms with van der Waals surface area (Å²) >= 11 is 0. The smallest absolute Gasteiger partial charge is 0.326 e. The Morgan fingerprint density at radius 3 is 1.50 bits per heavy atom. The Hall–Kier alpha value is -3.40. The summed E-state index contributed by atoms with van der Waals surface area (Å²) in [4.78, 5) is 124. The summed E-state index contributed by atoms with van der Waals surface area (Å²) in [5.41, 5.74) is 5.52. The number of unbranched alkanes of at least 4 members (excludes halogenated alkanes) is 16. The van der Waals surface area contributed by atoms with Crippen LogP contribution in [-0.4, -0.2) is 141 Å². The van der Waals surface area contributed by atoms with Gasteiger partial charge in [0.05, 0.1) is 49.8 Å². The molecule has 20 nitrogen and oxygen atoms in total. The first kappa shape index (κ1) is 74.7. The van der Waals surface area contributed by atoms with Crippen LogP contribution in [0, 0.1) is 11.8 Å². The molecule has 0 aromatic rings. The molecule has 0 heterocycles. The molecule has 0 unspecified atom stereocenters. The van der Waals surface area contributed by atoms with Crippen molar-refractivity contribution in [1.29, 1.82) is 0 Å². The van der Waals surface area contributed by atoms with Crippen molar-refractivity contribution in [3.63, 3.8) is 0 Å². The molecule has 0 aromatic heterocycles. The second kappa shape index (κ2) is 43.5. The summed E-state index contributed by atoms with van der Waals surface area (Å²) in [7, 11) is 0. The molecule has 0 aliphatic rings. The molecule has 0 aromatic carbocycles. The Labute approximate surface area is 478 Å². The van der Waals surface area contributed by atoms with Gasteiger partial charge < -0.3 is 42.1 Å². The van der Waals surface area contributed by atoms with Crippen LogP contribution in [0.3, 0.4) is 0 Å². The van der Waals surface area contributed by atoms with Gasteiger partial charge in [-0.2, -0.15) is 0 Å². The van der Waals surface area contributed by atoms with E-state index in [1.165, 1.54) is 72.1 Å². The number of carboxylic acids is 3. The van der Waals surface area contributed by atoms with Crippen LogP contribution in [-0.2, 0) is 80.7 Å². The molecule has 0 aliphatic heterocycles. The largest absolute Gasteiger partial charge is 0.666 e. The van der Waals surface area contributed by atoms with Crippen LogP contribution in [0.15, 0.2) is 0 Å². The first-order chi connectivity index (χ1) is 35.3. The van der Waals surface area contributed by atoms with Crippen molar-refractivity contribution in [1.82, 2.24) is 26.6 Å². The average Bonchev–Trinajstić information content (AvgIpc) is 3.32. The van der Waals surface area contributed by atoms with Gasteiger partial charge in [-0.3, -0.25) is 53.8 Å². The topological polar surface area (TPSA) is 336 Å². The number of nitrogens with one attached hydrogen (secondary N) is 6. The van der Waals surface area contributed by atoms with Crippen LogP contribution in [0.25, 0.3) is 5.73 Å². The number of amides is 2. The number of carboxylic acid groups (broad SMARTS) is 3. The van der Waals surface area contributed by atoms with Gasteiger partial charge in [0.15, 0.2) is 11.6 Å². The maximum Gasteiger partial charge on any atom is 0.326 e. The van der Waals surface area contributed by atoms with Crippen molar-refractivity contribution >= 4 is 58.6 Å². The first-order valence-corrected chi connectivity index (χ1v) is 27.7. The zero-order valence-corrected chi connectivity index (χ0v) is 49.8. The third-order valence-corrected chi connectivity index (χ3v) is 13.5. The van der Waals surface area contributed by atoms with Gasteiger partial charge in [0, 0.05) is 71.4 Å². The van der Waals surface area contributed by atoms with E-state index in [1.54, 1.807) is 6.92 Å². The minimum atomic E-state index is -1.42. The van der Waals surface area contributed by atoms with Gasteiger partial charge in [-0.05, 0) is 71.1 Å². The van der Waals surface area contributed by atoms with Crippen LogP contribution < -0.4 is 26.6 Å². The van der Waals surface area contributed by atoms with E-state index in [2.05, 4.69) is 26.6 Å². The summed E-state index contributed by atoms with van der Waals surface area (Å²) < 4.78 is 0. The van der Waals surface area contributed by atoms with Crippen molar-refractivity contribution in [3.05, 3.63) is 5.73 Å². The van der Waals surface area contributed by atoms with Gasteiger partial charge in [-0.25, -0.2) is 4.79 Å². The molecular weight excluding hydrogens is 1060 g/mol. The molecule has 0 fully saturated rings. The van der Waals surface area contributed by atoms with E-state index in [0.717, 1.165) is 44.9 Å². The standard InChI is InChI=1S/C55H97N6O14.Y/c1-39(2)34-55(6,60-37-47(66)54(4,5)56)48(67)36-59-43(46(65)35-58-45(38-62)40(3)63)26-23-24-32-57-49(68)31-29-44(53(74)75)61-50(69)30-28-41(52(72)73)33-42(64)25-21-19-17-15-13-11-9-7-8-10-12-14-16-18-20-22-27-51(70)71;/h39,41,43-45,56,58-60,62H,7-38H2,1-6H3,(H,57,68)(H,61,69)(H,70,71)(H,72,73)(H,74,75);/q-1;/t41-,43+,44+,45+,55+;/m1./s1. The second-order valence-corrected chi connectivity index (χ2v) is 21.6. The summed E-state index contributed by atoms with van der Waals surface area (Å²) in [6, 6.07) is -3.25. The number of carbonyl (C=O) groups is 10. The third kappa shape index (κ3) is 38.2. The van der Waals surface area contributed by atoms with E-state index >= 15 is 0 Å². The normalized spacial score (nSPS) is 13.9. The molecule has 0 rings (SSSR count). The van der Waals surface area contributed by atoms with Crippen LogP contribution >= 0.6 is 0 Å². The van der Waals surface area contributed by atoms with Crippen LogP contribution in [0.2, 0.25) is 0 Å². The predicted octanol–water partition coefficient (Wildman–Crippen LogP) is 6.60. The zero-order chi connectivity index (χ0) is 56.8. The SMILES string of the molecule is CC(=O)[C@H](CO)NCC(=O)[C@H](CCCCNC(=O)CC[C@H](NC(=O)CC[C@H](CC(=O)CCCCCCCCCCCCCCCCCCC(=O)O)C(=O)O)C(=O)O)NCC(=O)[C@](C)(CC(C)C)NCC(=O)C(C)(C)[NH-].[Y]. The minimum Gasteiger partial charge on any atom is -0.666 e. The quantitative estimate of drug-likeness (QED) is 0.0290. The molecule has 76 heavy (non-hydrogen) atoms. The molecule has 21 heteroatoms.